The Kier molecular flexibility index (Phi) is 6.23. The fourth-order valence-electron chi connectivity index (χ4n) is 3.47. The molecule has 1 aliphatic heterocycles. The van der Waals surface area contributed by atoms with E-state index in [1.807, 2.05) is 30.3 Å². The van der Waals surface area contributed by atoms with E-state index in [9.17, 15) is 5.11 Å². The zero-order valence-corrected chi connectivity index (χ0v) is 15.5. The van der Waals surface area contributed by atoms with Crippen molar-refractivity contribution in [1.82, 2.24) is 4.90 Å². The molecule has 5 heteroatoms. The van der Waals surface area contributed by atoms with Gasteiger partial charge in [0.1, 0.15) is 23.0 Å². The summed E-state index contributed by atoms with van der Waals surface area (Å²) >= 11 is 0. The minimum atomic E-state index is 0.274. The van der Waals surface area contributed by atoms with Crippen LogP contribution in [0.25, 0.3) is 0 Å². The van der Waals surface area contributed by atoms with Crippen molar-refractivity contribution in [1.29, 1.82) is 0 Å². The number of aromatic hydroxyl groups is 1. The fraction of sp³-hybridized carbons (Fsp3) is 0.429. The summed E-state index contributed by atoms with van der Waals surface area (Å²) in [5, 5.41) is 9.76. The first-order valence-electron chi connectivity index (χ1n) is 9.03. The van der Waals surface area contributed by atoms with Gasteiger partial charge < -0.3 is 19.3 Å². The number of hydrogen-bond donors (Lipinski definition) is 1. The molecular weight excluding hydrogens is 330 g/mol. The van der Waals surface area contributed by atoms with Gasteiger partial charge in [0.2, 0.25) is 0 Å². The van der Waals surface area contributed by atoms with Crippen LogP contribution >= 0.6 is 0 Å². The van der Waals surface area contributed by atoms with Crippen molar-refractivity contribution in [2.75, 3.05) is 33.9 Å². The second kappa shape index (κ2) is 8.81. The molecule has 1 saturated heterocycles. The van der Waals surface area contributed by atoms with Crippen LogP contribution in [0.15, 0.2) is 42.5 Å². The predicted octanol–water partition coefficient (Wildman–Crippen LogP) is 3.70. The lowest BCUT2D eigenvalue weighted by molar-refractivity contribution is 0.124. The summed E-state index contributed by atoms with van der Waals surface area (Å²) in [5.41, 5.74) is 1.02. The van der Waals surface area contributed by atoms with Crippen LogP contribution in [0.3, 0.4) is 0 Å². The Bertz CT molecular complexity index is 719. The van der Waals surface area contributed by atoms with Gasteiger partial charge in [0.15, 0.2) is 0 Å². The van der Waals surface area contributed by atoms with E-state index >= 15 is 0 Å². The van der Waals surface area contributed by atoms with Crippen molar-refractivity contribution in [2.24, 2.45) is 5.92 Å². The number of phenolic OH excluding ortho intramolecular Hbond substituents is 1. The Balaban J connectivity index is 1.56. The molecule has 0 aliphatic carbocycles. The number of phenols is 1. The third kappa shape index (κ3) is 4.82. The molecule has 1 atom stereocenters. The molecule has 1 unspecified atom stereocenters. The van der Waals surface area contributed by atoms with E-state index in [4.69, 9.17) is 14.2 Å². The zero-order chi connectivity index (χ0) is 18.4. The quantitative estimate of drug-likeness (QED) is 0.819. The monoisotopic (exact) mass is 357 g/mol. The summed E-state index contributed by atoms with van der Waals surface area (Å²) in [6.45, 7) is 3.49. The Morgan fingerprint density at radius 3 is 2.73 bits per heavy atom. The van der Waals surface area contributed by atoms with E-state index in [0.717, 1.165) is 55.3 Å². The van der Waals surface area contributed by atoms with Crippen molar-refractivity contribution in [3.63, 3.8) is 0 Å². The maximum Gasteiger partial charge on any atom is 0.123 e. The van der Waals surface area contributed by atoms with Crippen LogP contribution in [0.4, 0.5) is 0 Å². The minimum Gasteiger partial charge on any atom is -0.508 e. The van der Waals surface area contributed by atoms with E-state index in [0.29, 0.717) is 12.5 Å². The van der Waals surface area contributed by atoms with Crippen molar-refractivity contribution >= 4 is 0 Å². The third-order valence-corrected chi connectivity index (χ3v) is 4.79. The first kappa shape index (κ1) is 18.4. The summed E-state index contributed by atoms with van der Waals surface area (Å²) in [5.74, 6) is 3.23. The van der Waals surface area contributed by atoms with E-state index < -0.39 is 0 Å². The van der Waals surface area contributed by atoms with Crippen molar-refractivity contribution in [2.45, 2.75) is 19.4 Å². The molecule has 2 aromatic rings. The van der Waals surface area contributed by atoms with E-state index in [1.54, 1.807) is 26.4 Å². The molecule has 1 aliphatic rings. The number of methoxy groups -OCH3 is 2. The molecule has 140 valence electrons. The van der Waals surface area contributed by atoms with Crippen LogP contribution in [0.1, 0.15) is 18.4 Å². The van der Waals surface area contributed by atoms with Gasteiger partial charge in [-0.3, -0.25) is 4.90 Å². The van der Waals surface area contributed by atoms with Crippen molar-refractivity contribution < 1.29 is 19.3 Å². The van der Waals surface area contributed by atoms with Crippen LogP contribution in [0, 0.1) is 5.92 Å². The number of benzene rings is 2. The lowest BCUT2D eigenvalue weighted by Gasteiger charge is -2.33. The van der Waals surface area contributed by atoms with E-state index in [1.165, 1.54) is 0 Å². The molecule has 1 N–H and O–H groups in total. The molecule has 0 aromatic heterocycles. The van der Waals surface area contributed by atoms with Gasteiger partial charge in [-0.05, 0) is 49.7 Å². The van der Waals surface area contributed by atoms with Gasteiger partial charge in [-0.25, -0.2) is 0 Å². The normalized spacial score (nSPS) is 17.7. The average molecular weight is 357 g/mol. The SMILES string of the molecule is COc1cccc(OCC2CCCN(Cc3cc(O)ccc3OC)C2)c1. The summed E-state index contributed by atoms with van der Waals surface area (Å²) in [4.78, 5) is 2.40. The number of likely N-dealkylation sites (tertiary alicyclic amines) is 1. The highest BCUT2D eigenvalue weighted by Crippen LogP contribution is 2.27. The number of rotatable bonds is 7. The molecule has 1 heterocycles. The summed E-state index contributed by atoms with van der Waals surface area (Å²) in [7, 11) is 3.32. The van der Waals surface area contributed by atoms with Gasteiger partial charge in [0, 0.05) is 30.6 Å². The van der Waals surface area contributed by atoms with Gasteiger partial charge >= 0.3 is 0 Å². The van der Waals surface area contributed by atoms with Gasteiger partial charge in [-0.2, -0.15) is 0 Å². The smallest absolute Gasteiger partial charge is 0.123 e. The summed E-state index contributed by atoms with van der Waals surface area (Å²) < 4.78 is 16.6. The molecule has 2 aromatic carbocycles. The number of piperidine rings is 1. The van der Waals surface area contributed by atoms with Gasteiger partial charge in [0.05, 0.1) is 20.8 Å². The van der Waals surface area contributed by atoms with Crippen LogP contribution in [-0.2, 0) is 6.54 Å². The molecule has 5 nitrogen and oxygen atoms in total. The van der Waals surface area contributed by atoms with E-state index in [2.05, 4.69) is 4.90 Å². The fourth-order valence-corrected chi connectivity index (χ4v) is 3.47. The Labute approximate surface area is 155 Å². The first-order chi connectivity index (χ1) is 12.7. The zero-order valence-electron chi connectivity index (χ0n) is 15.5. The average Bonchev–Trinajstić information content (AvgIpc) is 2.67. The number of hydrogen-bond acceptors (Lipinski definition) is 5. The molecule has 26 heavy (non-hydrogen) atoms. The second-order valence-electron chi connectivity index (χ2n) is 6.73. The van der Waals surface area contributed by atoms with Crippen LogP contribution in [-0.4, -0.2) is 43.9 Å². The molecule has 0 amide bonds. The lowest BCUT2D eigenvalue weighted by atomic mass is 9.98. The molecule has 0 saturated carbocycles. The Morgan fingerprint density at radius 2 is 1.92 bits per heavy atom. The van der Waals surface area contributed by atoms with Crippen LogP contribution < -0.4 is 14.2 Å². The van der Waals surface area contributed by atoms with E-state index in [-0.39, 0.29) is 5.75 Å². The molecule has 3 rings (SSSR count). The minimum absolute atomic E-state index is 0.274. The maximum absolute atomic E-state index is 9.76. The molecule has 0 spiro atoms. The van der Waals surface area contributed by atoms with Crippen LogP contribution in [0.5, 0.6) is 23.0 Å². The second-order valence-corrected chi connectivity index (χ2v) is 6.73. The summed E-state index contributed by atoms with van der Waals surface area (Å²) in [6.07, 6.45) is 2.31. The number of nitrogens with zero attached hydrogens (tertiary/aromatic N) is 1. The highest BCUT2D eigenvalue weighted by Gasteiger charge is 2.21. The molecule has 1 fully saturated rings. The van der Waals surface area contributed by atoms with Gasteiger partial charge in [-0.1, -0.05) is 6.07 Å². The maximum atomic E-state index is 9.76. The molecular formula is C21H27NO4. The largest absolute Gasteiger partial charge is 0.508 e. The molecule has 0 radical (unpaired) electrons. The third-order valence-electron chi connectivity index (χ3n) is 4.79. The number of ether oxygens (including phenoxy) is 3. The Morgan fingerprint density at radius 1 is 1.08 bits per heavy atom. The summed E-state index contributed by atoms with van der Waals surface area (Å²) in [6, 6.07) is 13.0. The van der Waals surface area contributed by atoms with Crippen LogP contribution in [0.2, 0.25) is 0 Å². The molecule has 0 bridgehead atoms. The highest BCUT2D eigenvalue weighted by atomic mass is 16.5. The van der Waals surface area contributed by atoms with Gasteiger partial charge in [-0.15, -0.1) is 0 Å². The van der Waals surface area contributed by atoms with Crippen molar-refractivity contribution in [3.05, 3.63) is 48.0 Å². The first-order valence-corrected chi connectivity index (χ1v) is 9.03. The van der Waals surface area contributed by atoms with Crippen molar-refractivity contribution in [3.8, 4) is 23.0 Å². The lowest BCUT2D eigenvalue weighted by Crippen LogP contribution is -2.37. The standard InChI is InChI=1S/C21H27NO4/c1-24-19-6-3-7-20(12-19)26-15-16-5-4-10-22(13-16)14-17-11-18(23)8-9-21(17)25-2/h3,6-9,11-12,16,23H,4-5,10,13-15H2,1-2H3. The Hall–Kier alpha value is -2.40. The predicted molar refractivity (Wildman–Crippen MR) is 101 cm³/mol. The topological polar surface area (TPSA) is 51.2 Å². The highest BCUT2D eigenvalue weighted by molar-refractivity contribution is 5.39. The van der Waals surface area contributed by atoms with Gasteiger partial charge in [0.25, 0.3) is 0 Å².